The number of ether oxygens (including phenoxy) is 2. The predicted molar refractivity (Wildman–Crippen MR) is 54.2 cm³/mol. The van der Waals surface area contributed by atoms with Crippen LogP contribution in [-0.2, 0) is 0 Å². The number of alkyl halides is 1. The number of thiophene rings is 1. The molecule has 1 aromatic heterocycles. The fourth-order valence-electron chi connectivity index (χ4n) is 1.31. The first kappa shape index (κ1) is 9.16. The summed E-state index contributed by atoms with van der Waals surface area (Å²) in [7, 11) is 0. The summed E-state index contributed by atoms with van der Waals surface area (Å²) < 4.78 is 11.2. The van der Waals surface area contributed by atoms with Crippen molar-refractivity contribution in [1.82, 2.24) is 0 Å². The molecule has 2 nitrogen and oxygen atoms in total. The topological polar surface area (TPSA) is 18.5 Å². The summed E-state index contributed by atoms with van der Waals surface area (Å²) in [5.41, 5.74) is 0. The van der Waals surface area contributed by atoms with Gasteiger partial charge in [0.25, 0.3) is 0 Å². The molecule has 0 aliphatic carbocycles. The molecular formula is C9H11ClO2S. The van der Waals surface area contributed by atoms with Gasteiger partial charge in [-0.2, -0.15) is 0 Å². The third-order valence-electron chi connectivity index (χ3n) is 1.97. The molecular weight excluding hydrogens is 208 g/mol. The molecule has 1 atom stereocenters. The molecule has 72 valence electrons. The first-order chi connectivity index (χ1) is 6.40. The van der Waals surface area contributed by atoms with Gasteiger partial charge in [0.05, 0.1) is 0 Å². The molecule has 2 heterocycles. The molecule has 2 rings (SSSR count). The summed E-state index contributed by atoms with van der Waals surface area (Å²) in [5, 5.41) is 3.94. The van der Waals surface area contributed by atoms with Crippen molar-refractivity contribution in [2.75, 3.05) is 12.5 Å². The molecule has 0 fully saturated rings. The highest BCUT2D eigenvalue weighted by Gasteiger charge is 2.20. The van der Waals surface area contributed by atoms with Gasteiger partial charge in [0.1, 0.15) is 12.7 Å². The second kappa shape index (κ2) is 4.20. The molecule has 0 bridgehead atoms. The van der Waals surface area contributed by atoms with E-state index in [0.29, 0.717) is 12.5 Å². The van der Waals surface area contributed by atoms with Crippen LogP contribution in [0.3, 0.4) is 0 Å². The second-order valence-corrected chi connectivity index (χ2v) is 4.10. The molecule has 0 spiro atoms. The Morgan fingerprint density at radius 3 is 3.15 bits per heavy atom. The largest absolute Gasteiger partial charge is 0.485 e. The average molecular weight is 219 g/mol. The van der Waals surface area contributed by atoms with Gasteiger partial charge in [-0.25, -0.2) is 0 Å². The van der Waals surface area contributed by atoms with Crippen molar-refractivity contribution in [3.63, 3.8) is 0 Å². The molecule has 0 saturated carbocycles. The van der Waals surface area contributed by atoms with Crippen molar-refractivity contribution in [3.8, 4) is 11.5 Å². The highest BCUT2D eigenvalue weighted by Crippen LogP contribution is 2.35. The lowest BCUT2D eigenvalue weighted by atomic mass is 10.2. The molecule has 1 aliphatic rings. The molecule has 13 heavy (non-hydrogen) atoms. The van der Waals surface area contributed by atoms with Crippen LogP contribution in [-0.4, -0.2) is 18.6 Å². The quantitative estimate of drug-likeness (QED) is 0.727. The lowest BCUT2D eigenvalue weighted by Gasteiger charge is -2.24. The number of halogens is 1. The zero-order valence-corrected chi connectivity index (χ0v) is 8.74. The molecule has 4 heteroatoms. The van der Waals surface area contributed by atoms with Gasteiger partial charge in [0.2, 0.25) is 0 Å². The van der Waals surface area contributed by atoms with Crippen LogP contribution in [0.5, 0.6) is 11.5 Å². The molecule has 0 amide bonds. The highest BCUT2D eigenvalue weighted by atomic mass is 35.5. The third-order valence-corrected chi connectivity index (χ3v) is 2.94. The van der Waals surface area contributed by atoms with E-state index in [-0.39, 0.29) is 6.10 Å². The van der Waals surface area contributed by atoms with Gasteiger partial charge in [0, 0.05) is 16.6 Å². The van der Waals surface area contributed by atoms with Crippen molar-refractivity contribution >= 4 is 22.9 Å². The Hall–Kier alpha value is -0.410. The Kier molecular flexibility index (Phi) is 2.96. The molecule has 0 aromatic carbocycles. The lowest BCUT2D eigenvalue weighted by molar-refractivity contribution is 0.0859. The van der Waals surface area contributed by atoms with Crippen LogP contribution in [0.25, 0.3) is 0 Å². The summed E-state index contributed by atoms with van der Waals surface area (Å²) in [4.78, 5) is 0. The van der Waals surface area contributed by atoms with E-state index < -0.39 is 0 Å². The zero-order chi connectivity index (χ0) is 9.10. The van der Waals surface area contributed by atoms with Crippen molar-refractivity contribution < 1.29 is 9.47 Å². The smallest absolute Gasteiger partial charge is 0.172 e. The number of hydrogen-bond donors (Lipinski definition) is 0. The van der Waals surface area contributed by atoms with E-state index in [1.807, 2.05) is 10.8 Å². The maximum absolute atomic E-state index is 5.70. The van der Waals surface area contributed by atoms with Crippen LogP contribution in [0.4, 0.5) is 0 Å². The van der Waals surface area contributed by atoms with E-state index in [1.54, 1.807) is 11.3 Å². The summed E-state index contributed by atoms with van der Waals surface area (Å²) in [6, 6.07) is 0. The minimum absolute atomic E-state index is 0.181. The summed E-state index contributed by atoms with van der Waals surface area (Å²) in [5.74, 6) is 2.46. The minimum atomic E-state index is 0.181. The first-order valence-corrected chi connectivity index (χ1v) is 5.79. The first-order valence-electron chi connectivity index (χ1n) is 4.32. The molecule has 0 saturated heterocycles. The van der Waals surface area contributed by atoms with E-state index in [4.69, 9.17) is 21.1 Å². The fraction of sp³-hybridized carbons (Fsp3) is 0.556. The summed E-state index contributed by atoms with van der Waals surface area (Å²) in [6.45, 7) is 0.653. The minimum Gasteiger partial charge on any atom is -0.485 e. The summed E-state index contributed by atoms with van der Waals surface area (Å²) in [6.07, 6.45) is 2.13. The maximum atomic E-state index is 5.70. The van der Waals surface area contributed by atoms with Gasteiger partial charge in [-0.15, -0.1) is 22.9 Å². The van der Waals surface area contributed by atoms with Crippen LogP contribution in [0, 0.1) is 0 Å². The number of hydrogen-bond acceptors (Lipinski definition) is 3. The normalized spacial score (nSPS) is 20.2. The Bertz CT molecular complexity index is 274. The number of rotatable bonds is 3. The summed E-state index contributed by atoms with van der Waals surface area (Å²) >= 11 is 7.21. The fourth-order valence-corrected chi connectivity index (χ4v) is 2.13. The Balaban J connectivity index is 1.93. The van der Waals surface area contributed by atoms with Crippen molar-refractivity contribution in [3.05, 3.63) is 10.8 Å². The standard InChI is InChI=1S/C9H11ClO2S/c10-3-1-2-7-4-11-8-5-13-6-9(8)12-7/h5-7H,1-4H2. The Morgan fingerprint density at radius 2 is 2.31 bits per heavy atom. The molecule has 0 N–H and O–H groups in total. The van der Waals surface area contributed by atoms with Gasteiger partial charge in [-0.3, -0.25) is 0 Å². The van der Waals surface area contributed by atoms with Crippen LogP contribution >= 0.6 is 22.9 Å². The van der Waals surface area contributed by atoms with Crippen molar-refractivity contribution in [1.29, 1.82) is 0 Å². The molecule has 0 radical (unpaired) electrons. The van der Waals surface area contributed by atoms with E-state index in [2.05, 4.69) is 0 Å². The third kappa shape index (κ3) is 2.09. The molecule has 1 aromatic rings. The van der Waals surface area contributed by atoms with Gasteiger partial charge in [0.15, 0.2) is 11.5 Å². The van der Waals surface area contributed by atoms with Crippen LogP contribution in [0.1, 0.15) is 12.8 Å². The predicted octanol–water partition coefficient (Wildman–Crippen LogP) is 2.91. The van der Waals surface area contributed by atoms with Crippen LogP contribution < -0.4 is 9.47 Å². The average Bonchev–Trinajstić information content (AvgIpc) is 2.61. The van der Waals surface area contributed by atoms with E-state index >= 15 is 0 Å². The second-order valence-electron chi connectivity index (χ2n) is 2.98. The van der Waals surface area contributed by atoms with Crippen molar-refractivity contribution in [2.24, 2.45) is 0 Å². The van der Waals surface area contributed by atoms with E-state index in [9.17, 15) is 0 Å². The SMILES string of the molecule is ClCCCC1COc2cscc2O1. The van der Waals surface area contributed by atoms with Gasteiger partial charge in [-0.05, 0) is 12.8 Å². The monoisotopic (exact) mass is 218 g/mol. The highest BCUT2D eigenvalue weighted by molar-refractivity contribution is 7.08. The zero-order valence-electron chi connectivity index (χ0n) is 7.16. The van der Waals surface area contributed by atoms with Crippen LogP contribution in [0.2, 0.25) is 0 Å². The van der Waals surface area contributed by atoms with Crippen molar-refractivity contribution in [2.45, 2.75) is 18.9 Å². The maximum Gasteiger partial charge on any atom is 0.172 e. The van der Waals surface area contributed by atoms with E-state index in [1.165, 1.54) is 0 Å². The molecule has 1 unspecified atom stereocenters. The Morgan fingerprint density at radius 1 is 1.46 bits per heavy atom. The lowest BCUT2D eigenvalue weighted by Crippen LogP contribution is -2.28. The van der Waals surface area contributed by atoms with Crippen LogP contribution in [0.15, 0.2) is 10.8 Å². The van der Waals surface area contributed by atoms with Gasteiger partial charge in [-0.1, -0.05) is 0 Å². The van der Waals surface area contributed by atoms with E-state index in [0.717, 1.165) is 24.3 Å². The van der Waals surface area contributed by atoms with Gasteiger partial charge < -0.3 is 9.47 Å². The van der Waals surface area contributed by atoms with Gasteiger partial charge >= 0.3 is 0 Å². The Labute approximate surface area is 86.4 Å². The number of fused-ring (bicyclic) bond motifs is 1. The molecule has 1 aliphatic heterocycles.